The maximum absolute atomic E-state index is 14.2. The standard InChI is InChI=1S/C24H37FN8O/c1-4-31-12-6-8-18(31)15-33(16-19-9-7-13-32(19)5-2)24-29-22(26)28-23(30-24)27-17-10-11-21(34-3)20(25)14-17/h10-11,14,18-19H,4-9,12-13,15-16H2,1-3H3,(H3,26,27,28,29,30). The predicted octanol–water partition coefficient (Wildman–Crippen LogP) is 3.12. The smallest absolute Gasteiger partial charge is 0.233 e. The van der Waals surface area contributed by atoms with Crippen LogP contribution in [0.1, 0.15) is 39.5 Å². The lowest BCUT2D eigenvalue weighted by Crippen LogP contribution is -2.46. The average molecular weight is 473 g/mol. The van der Waals surface area contributed by atoms with E-state index in [1.807, 2.05) is 0 Å². The van der Waals surface area contributed by atoms with Gasteiger partial charge in [0.25, 0.3) is 0 Å². The van der Waals surface area contributed by atoms with Crippen LogP contribution in [-0.2, 0) is 0 Å². The molecule has 3 N–H and O–H groups in total. The Labute approximate surface area is 201 Å². The first-order valence-corrected chi connectivity index (χ1v) is 12.4. The quantitative estimate of drug-likeness (QED) is 0.541. The number of hydrogen-bond donors (Lipinski definition) is 2. The molecule has 0 spiro atoms. The number of halogens is 1. The van der Waals surface area contributed by atoms with Gasteiger partial charge in [-0.05, 0) is 64.0 Å². The van der Waals surface area contributed by atoms with Crippen LogP contribution in [0, 0.1) is 5.82 Å². The third kappa shape index (κ3) is 5.67. The lowest BCUT2D eigenvalue weighted by atomic mass is 10.1. The molecule has 0 amide bonds. The first-order valence-electron chi connectivity index (χ1n) is 12.4. The SMILES string of the molecule is CCN1CCCC1CN(CC1CCCN1CC)c1nc(N)nc(Nc2ccc(OC)c(F)c2)n1. The van der Waals surface area contributed by atoms with E-state index in [1.165, 1.54) is 38.9 Å². The van der Waals surface area contributed by atoms with Gasteiger partial charge in [-0.15, -0.1) is 0 Å². The van der Waals surface area contributed by atoms with Crippen LogP contribution in [0.4, 0.5) is 27.9 Å². The third-order valence-electron chi connectivity index (χ3n) is 7.00. The van der Waals surface area contributed by atoms with Crippen LogP contribution in [0.15, 0.2) is 18.2 Å². The molecule has 0 radical (unpaired) electrons. The van der Waals surface area contributed by atoms with Crippen molar-refractivity contribution in [2.45, 2.75) is 51.6 Å². The molecule has 2 saturated heterocycles. The van der Waals surface area contributed by atoms with E-state index in [1.54, 1.807) is 12.1 Å². The van der Waals surface area contributed by atoms with Gasteiger partial charge in [0, 0.05) is 36.9 Å². The Bertz CT molecular complexity index is 937. The van der Waals surface area contributed by atoms with Crippen LogP contribution in [0.3, 0.4) is 0 Å². The topological polar surface area (TPSA) is 95.7 Å². The van der Waals surface area contributed by atoms with Gasteiger partial charge in [-0.3, -0.25) is 9.80 Å². The number of nitrogens with one attached hydrogen (secondary N) is 1. The summed E-state index contributed by atoms with van der Waals surface area (Å²) in [4.78, 5) is 20.8. The number of methoxy groups -OCH3 is 1. The summed E-state index contributed by atoms with van der Waals surface area (Å²) >= 11 is 0. The van der Waals surface area contributed by atoms with E-state index in [9.17, 15) is 4.39 Å². The molecule has 186 valence electrons. The Hall–Kier alpha value is -2.72. The van der Waals surface area contributed by atoms with Gasteiger partial charge in [0.15, 0.2) is 11.6 Å². The Kier molecular flexibility index (Phi) is 7.99. The van der Waals surface area contributed by atoms with Crippen molar-refractivity contribution >= 4 is 23.5 Å². The van der Waals surface area contributed by atoms with Gasteiger partial charge in [-0.2, -0.15) is 15.0 Å². The van der Waals surface area contributed by atoms with E-state index in [-0.39, 0.29) is 11.7 Å². The van der Waals surface area contributed by atoms with Crippen LogP contribution in [-0.4, -0.2) is 83.2 Å². The lowest BCUT2D eigenvalue weighted by molar-refractivity contribution is 0.248. The van der Waals surface area contributed by atoms with E-state index in [0.29, 0.717) is 29.7 Å². The van der Waals surface area contributed by atoms with Gasteiger partial charge >= 0.3 is 0 Å². The molecule has 9 nitrogen and oxygen atoms in total. The van der Waals surface area contributed by atoms with Gasteiger partial charge in [0.2, 0.25) is 17.8 Å². The summed E-state index contributed by atoms with van der Waals surface area (Å²) in [6.45, 7) is 10.5. The summed E-state index contributed by atoms with van der Waals surface area (Å²) in [5.74, 6) is 0.730. The number of rotatable bonds is 10. The van der Waals surface area contributed by atoms with E-state index in [4.69, 9.17) is 15.5 Å². The molecule has 1 aromatic carbocycles. The zero-order valence-electron chi connectivity index (χ0n) is 20.5. The van der Waals surface area contributed by atoms with Gasteiger partial charge in [0.05, 0.1) is 7.11 Å². The zero-order valence-corrected chi connectivity index (χ0v) is 20.5. The lowest BCUT2D eigenvalue weighted by Gasteiger charge is -2.34. The van der Waals surface area contributed by atoms with Crippen molar-refractivity contribution in [1.29, 1.82) is 0 Å². The summed E-state index contributed by atoms with van der Waals surface area (Å²) in [6.07, 6.45) is 4.77. The summed E-state index contributed by atoms with van der Waals surface area (Å²) in [6, 6.07) is 5.56. The Morgan fingerprint density at radius 1 is 1.06 bits per heavy atom. The number of benzene rings is 1. The average Bonchev–Trinajstić information content (AvgIpc) is 3.47. The van der Waals surface area contributed by atoms with Crippen molar-refractivity contribution in [1.82, 2.24) is 24.8 Å². The molecule has 2 fully saturated rings. The minimum absolute atomic E-state index is 0.143. The number of nitrogens with two attached hydrogens (primary N) is 1. The van der Waals surface area contributed by atoms with Gasteiger partial charge < -0.3 is 20.7 Å². The second-order valence-corrected chi connectivity index (χ2v) is 9.05. The van der Waals surface area contributed by atoms with Crippen molar-refractivity contribution in [2.75, 3.05) is 62.3 Å². The highest BCUT2D eigenvalue weighted by atomic mass is 19.1. The monoisotopic (exact) mass is 472 g/mol. The van der Waals surface area contributed by atoms with Crippen LogP contribution >= 0.6 is 0 Å². The minimum atomic E-state index is -0.460. The number of likely N-dealkylation sites (tertiary alicyclic amines) is 2. The number of nitrogen functional groups attached to an aromatic ring is 1. The molecule has 4 rings (SSSR count). The number of aromatic nitrogens is 3. The third-order valence-corrected chi connectivity index (χ3v) is 7.00. The molecule has 3 heterocycles. The van der Waals surface area contributed by atoms with Crippen LogP contribution in [0.25, 0.3) is 0 Å². The Morgan fingerprint density at radius 3 is 2.26 bits per heavy atom. The maximum atomic E-state index is 14.2. The Morgan fingerprint density at radius 2 is 1.71 bits per heavy atom. The molecule has 10 heteroatoms. The van der Waals surface area contributed by atoms with Crippen molar-refractivity contribution in [3.63, 3.8) is 0 Å². The molecule has 2 atom stereocenters. The van der Waals surface area contributed by atoms with Gasteiger partial charge in [0.1, 0.15) is 0 Å². The van der Waals surface area contributed by atoms with E-state index >= 15 is 0 Å². The number of hydrogen-bond acceptors (Lipinski definition) is 9. The number of anilines is 4. The highest BCUT2D eigenvalue weighted by Crippen LogP contribution is 2.26. The summed E-state index contributed by atoms with van der Waals surface area (Å²) in [7, 11) is 1.44. The molecular weight excluding hydrogens is 435 g/mol. The Balaban J connectivity index is 1.59. The van der Waals surface area contributed by atoms with Gasteiger partial charge in [-0.25, -0.2) is 4.39 Å². The van der Waals surface area contributed by atoms with Crippen LogP contribution < -0.4 is 20.7 Å². The second-order valence-electron chi connectivity index (χ2n) is 9.05. The molecule has 2 unspecified atom stereocenters. The second kappa shape index (κ2) is 11.1. The predicted molar refractivity (Wildman–Crippen MR) is 133 cm³/mol. The van der Waals surface area contributed by atoms with E-state index in [2.05, 4.69) is 43.8 Å². The molecule has 34 heavy (non-hydrogen) atoms. The van der Waals surface area contributed by atoms with Crippen LogP contribution in [0.5, 0.6) is 5.75 Å². The molecule has 2 aliphatic rings. The zero-order chi connectivity index (χ0) is 24.1. The molecule has 0 saturated carbocycles. The highest BCUT2D eigenvalue weighted by Gasteiger charge is 2.31. The number of likely N-dealkylation sites (N-methyl/N-ethyl adjacent to an activating group) is 2. The first kappa shape index (κ1) is 24.4. The van der Waals surface area contributed by atoms with Crippen molar-refractivity contribution in [2.24, 2.45) is 0 Å². The highest BCUT2D eigenvalue weighted by molar-refractivity contribution is 5.57. The van der Waals surface area contributed by atoms with Crippen molar-refractivity contribution in [3.8, 4) is 5.75 Å². The normalized spacial score (nSPS) is 21.2. The largest absolute Gasteiger partial charge is 0.494 e. The van der Waals surface area contributed by atoms with Gasteiger partial charge in [-0.1, -0.05) is 13.8 Å². The van der Waals surface area contributed by atoms with E-state index < -0.39 is 5.82 Å². The maximum Gasteiger partial charge on any atom is 0.233 e. The summed E-state index contributed by atoms with van der Waals surface area (Å²) in [5, 5.41) is 3.07. The number of nitrogens with zero attached hydrogens (tertiary/aromatic N) is 6. The van der Waals surface area contributed by atoms with Crippen LogP contribution in [0.2, 0.25) is 0 Å². The molecule has 2 aliphatic heterocycles. The fourth-order valence-corrected chi connectivity index (χ4v) is 5.23. The summed E-state index contributed by atoms with van der Waals surface area (Å²) < 4.78 is 19.2. The van der Waals surface area contributed by atoms with E-state index in [0.717, 1.165) is 39.3 Å². The molecule has 0 aliphatic carbocycles. The summed E-state index contributed by atoms with van der Waals surface area (Å²) in [5.41, 5.74) is 6.62. The number of ether oxygens (including phenoxy) is 1. The fourth-order valence-electron chi connectivity index (χ4n) is 5.23. The minimum Gasteiger partial charge on any atom is -0.494 e. The fraction of sp³-hybridized carbons (Fsp3) is 0.625. The molecular formula is C24H37FN8O. The first-order chi connectivity index (χ1) is 16.5. The molecule has 1 aromatic heterocycles. The van der Waals surface area contributed by atoms with Crippen molar-refractivity contribution < 1.29 is 9.13 Å². The van der Waals surface area contributed by atoms with Crippen molar-refractivity contribution in [3.05, 3.63) is 24.0 Å². The molecule has 2 aromatic rings. The molecule has 0 bridgehead atoms.